The van der Waals surface area contributed by atoms with Gasteiger partial charge in [-0.25, -0.2) is 4.98 Å². The summed E-state index contributed by atoms with van der Waals surface area (Å²) < 4.78 is 13.8. The Morgan fingerprint density at radius 2 is 2.22 bits per heavy atom. The maximum absolute atomic E-state index is 5.96. The maximum atomic E-state index is 5.96. The molecule has 5 heteroatoms. The Morgan fingerprint density at radius 3 is 2.89 bits per heavy atom. The molecular weight excluding hydrogens is 296 g/mol. The van der Waals surface area contributed by atoms with Gasteiger partial charge < -0.3 is 14.0 Å². The molecule has 0 bridgehead atoms. The molecule has 0 N–H and O–H groups in total. The van der Waals surface area contributed by atoms with Crippen molar-refractivity contribution >= 4 is 15.9 Å². The van der Waals surface area contributed by atoms with E-state index in [-0.39, 0.29) is 17.4 Å². The molecule has 1 aromatic heterocycles. The second-order valence-corrected chi connectivity index (χ2v) is 5.99. The van der Waals surface area contributed by atoms with E-state index in [1.54, 1.807) is 0 Å². The first-order valence-corrected chi connectivity index (χ1v) is 7.47. The summed E-state index contributed by atoms with van der Waals surface area (Å²) in [6.45, 7) is 6.31. The van der Waals surface area contributed by atoms with Crippen LogP contribution in [0.15, 0.2) is 12.4 Å². The van der Waals surface area contributed by atoms with Crippen LogP contribution in [0.2, 0.25) is 0 Å². The molecule has 0 spiro atoms. The Bertz CT molecular complexity index is 381. The summed E-state index contributed by atoms with van der Waals surface area (Å²) in [6.07, 6.45) is 6.77. The predicted octanol–water partition coefficient (Wildman–Crippen LogP) is 3.79. The monoisotopic (exact) mass is 316 g/mol. The lowest BCUT2D eigenvalue weighted by Crippen LogP contribution is -2.28. The van der Waals surface area contributed by atoms with Crippen LogP contribution in [0.5, 0.6) is 0 Å². The van der Waals surface area contributed by atoms with Crippen molar-refractivity contribution in [3.05, 3.63) is 18.2 Å². The predicted molar refractivity (Wildman–Crippen MR) is 73.6 cm³/mol. The van der Waals surface area contributed by atoms with E-state index in [0.717, 1.165) is 25.1 Å². The normalized spacial score (nSPS) is 26.5. The topological polar surface area (TPSA) is 36.3 Å². The minimum Gasteiger partial charge on any atom is -0.342 e. The van der Waals surface area contributed by atoms with Crippen LogP contribution in [0.3, 0.4) is 0 Å². The van der Waals surface area contributed by atoms with E-state index in [4.69, 9.17) is 9.47 Å². The van der Waals surface area contributed by atoms with Crippen LogP contribution in [0.25, 0.3) is 0 Å². The van der Waals surface area contributed by atoms with E-state index in [2.05, 4.69) is 39.3 Å². The van der Waals surface area contributed by atoms with Gasteiger partial charge in [0.05, 0.1) is 0 Å². The van der Waals surface area contributed by atoms with Crippen molar-refractivity contribution in [1.29, 1.82) is 0 Å². The average Bonchev–Trinajstić information content (AvgIpc) is 2.77. The summed E-state index contributed by atoms with van der Waals surface area (Å²) >= 11 is 3.48. The van der Waals surface area contributed by atoms with Crippen LogP contribution in [0, 0.1) is 0 Å². The quantitative estimate of drug-likeness (QED) is 0.793. The Hall–Kier alpha value is -0.390. The van der Waals surface area contributed by atoms with Gasteiger partial charge in [0.15, 0.2) is 6.29 Å². The number of ether oxygens (including phenoxy) is 2. The van der Waals surface area contributed by atoms with Crippen molar-refractivity contribution in [3.63, 3.8) is 0 Å². The molecule has 2 heterocycles. The highest BCUT2D eigenvalue weighted by atomic mass is 79.9. The number of hydrogen-bond donors (Lipinski definition) is 0. The molecule has 1 fully saturated rings. The van der Waals surface area contributed by atoms with Gasteiger partial charge in [-0.05, 0) is 40.0 Å². The SMILES string of the molecule is CC(C)n1ccnc1[C@@H](C)OC1CCCC(Br)O1. The van der Waals surface area contributed by atoms with Crippen molar-refractivity contribution in [2.24, 2.45) is 0 Å². The summed E-state index contributed by atoms with van der Waals surface area (Å²) in [7, 11) is 0. The summed E-state index contributed by atoms with van der Waals surface area (Å²) in [5.41, 5.74) is 0. The van der Waals surface area contributed by atoms with E-state index in [1.807, 2.05) is 19.3 Å². The zero-order valence-corrected chi connectivity index (χ0v) is 12.8. The highest BCUT2D eigenvalue weighted by Gasteiger charge is 2.24. The summed E-state index contributed by atoms with van der Waals surface area (Å²) in [4.78, 5) is 4.39. The third kappa shape index (κ3) is 3.33. The molecule has 1 aliphatic heterocycles. The van der Waals surface area contributed by atoms with Crippen LogP contribution in [0.1, 0.15) is 58.0 Å². The zero-order chi connectivity index (χ0) is 13.1. The molecule has 18 heavy (non-hydrogen) atoms. The van der Waals surface area contributed by atoms with Crippen LogP contribution < -0.4 is 0 Å². The molecule has 0 radical (unpaired) electrons. The lowest BCUT2D eigenvalue weighted by molar-refractivity contribution is -0.194. The van der Waals surface area contributed by atoms with Crippen molar-refractivity contribution < 1.29 is 9.47 Å². The van der Waals surface area contributed by atoms with E-state index >= 15 is 0 Å². The maximum Gasteiger partial charge on any atom is 0.160 e. The first kappa shape index (κ1) is 14.0. The molecule has 0 saturated carbocycles. The molecule has 1 saturated heterocycles. The third-order valence-electron chi connectivity index (χ3n) is 3.14. The zero-order valence-electron chi connectivity index (χ0n) is 11.2. The van der Waals surface area contributed by atoms with Crippen LogP contribution in [0.4, 0.5) is 0 Å². The van der Waals surface area contributed by atoms with Gasteiger partial charge in [-0.3, -0.25) is 0 Å². The van der Waals surface area contributed by atoms with Crippen LogP contribution in [-0.4, -0.2) is 20.9 Å². The van der Waals surface area contributed by atoms with Gasteiger partial charge in [-0.15, -0.1) is 0 Å². The number of aromatic nitrogens is 2. The second kappa shape index (κ2) is 6.17. The Morgan fingerprint density at radius 1 is 1.44 bits per heavy atom. The number of alkyl halides is 1. The fraction of sp³-hybridized carbons (Fsp3) is 0.769. The number of rotatable bonds is 4. The van der Waals surface area contributed by atoms with Gasteiger partial charge in [-0.1, -0.05) is 15.9 Å². The Balaban J connectivity index is 1.98. The number of nitrogens with zero attached hydrogens (tertiary/aromatic N) is 2. The van der Waals surface area contributed by atoms with Gasteiger partial charge >= 0.3 is 0 Å². The van der Waals surface area contributed by atoms with Gasteiger partial charge in [-0.2, -0.15) is 0 Å². The molecule has 0 aliphatic carbocycles. The lowest BCUT2D eigenvalue weighted by atomic mass is 10.2. The van der Waals surface area contributed by atoms with E-state index in [9.17, 15) is 0 Å². The first-order valence-electron chi connectivity index (χ1n) is 6.55. The number of imidazole rings is 1. The lowest BCUT2D eigenvalue weighted by Gasteiger charge is -2.29. The van der Waals surface area contributed by atoms with Gasteiger partial charge in [0.2, 0.25) is 0 Å². The Kier molecular flexibility index (Phi) is 4.81. The summed E-state index contributed by atoms with van der Waals surface area (Å²) in [5, 5.41) is 0.119. The first-order chi connectivity index (χ1) is 8.58. The fourth-order valence-corrected chi connectivity index (χ4v) is 2.78. The molecule has 102 valence electrons. The smallest absolute Gasteiger partial charge is 0.160 e. The largest absolute Gasteiger partial charge is 0.342 e. The van der Waals surface area contributed by atoms with E-state index in [1.165, 1.54) is 0 Å². The molecule has 4 nitrogen and oxygen atoms in total. The van der Waals surface area contributed by atoms with Crippen molar-refractivity contribution in [3.8, 4) is 0 Å². The third-order valence-corrected chi connectivity index (χ3v) is 3.82. The molecule has 2 unspecified atom stereocenters. The molecule has 2 rings (SSSR count). The Labute approximate surface area is 117 Å². The van der Waals surface area contributed by atoms with Crippen molar-refractivity contribution in [2.45, 2.75) is 63.5 Å². The number of halogens is 1. The highest BCUT2D eigenvalue weighted by molar-refractivity contribution is 9.09. The standard InChI is InChI=1S/C13H21BrN2O2/c1-9(2)16-8-7-15-13(16)10(3)17-12-6-4-5-11(14)18-12/h7-12H,4-6H2,1-3H3/t10-,11?,12?/m1/s1. The molecule has 1 aromatic rings. The number of hydrogen-bond acceptors (Lipinski definition) is 3. The summed E-state index contributed by atoms with van der Waals surface area (Å²) in [5.74, 6) is 0.963. The van der Waals surface area contributed by atoms with Crippen molar-refractivity contribution in [1.82, 2.24) is 9.55 Å². The average molecular weight is 317 g/mol. The molecule has 0 aromatic carbocycles. The minimum absolute atomic E-state index is 0.0507. The van der Waals surface area contributed by atoms with Gasteiger partial charge in [0.25, 0.3) is 0 Å². The highest BCUT2D eigenvalue weighted by Crippen LogP contribution is 2.28. The van der Waals surface area contributed by atoms with Gasteiger partial charge in [0.1, 0.15) is 16.9 Å². The van der Waals surface area contributed by atoms with E-state index < -0.39 is 0 Å². The molecular formula is C13H21BrN2O2. The molecule has 0 amide bonds. The molecule has 1 aliphatic rings. The second-order valence-electron chi connectivity index (χ2n) is 4.97. The van der Waals surface area contributed by atoms with Crippen LogP contribution >= 0.6 is 15.9 Å². The fourth-order valence-electron chi connectivity index (χ4n) is 2.21. The van der Waals surface area contributed by atoms with Gasteiger partial charge in [0, 0.05) is 18.4 Å². The van der Waals surface area contributed by atoms with Crippen LogP contribution in [-0.2, 0) is 9.47 Å². The summed E-state index contributed by atoms with van der Waals surface area (Å²) in [6, 6.07) is 0.393. The van der Waals surface area contributed by atoms with E-state index in [0.29, 0.717) is 6.04 Å². The molecule has 3 atom stereocenters. The minimum atomic E-state index is -0.129. The van der Waals surface area contributed by atoms with Crippen molar-refractivity contribution in [2.75, 3.05) is 0 Å².